The Kier molecular flexibility index (Phi) is 7.63. The van der Waals surface area contributed by atoms with Crippen LogP contribution in [0, 0.1) is 28.5 Å². The van der Waals surface area contributed by atoms with Gasteiger partial charge in [0.05, 0.1) is 51.4 Å². The molecule has 1 aliphatic heterocycles. The first-order chi connectivity index (χ1) is 19.0. The van der Waals surface area contributed by atoms with Crippen LogP contribution in [0.1, 0.15) is 37.8 Å². The minimum absolute atomic E-state index is 0.102. The summed E-state index contributed by atoms with van der Waals surface area (Å²) in [6, 6.07) is 12.6. The Hall–Kier alpha value is -3.43. The van der Waals surface area contributed by atoms with Gasteiger partial charge >= 0.3 is 0 Å². The minimum Gasteiger partial charge on any atom is -0.369 e. The number of hydrogen-bond donors (Lipinski definition) is 1. The number of nitriles is 1. The van der Waals surface area contributed by atoms with Crippen molar-refractivity contribution in [3.8, 4) is 27.2 Å². The van der Waals surface area contributed by atoms with Gasteiger partial charge in [0.2, 0.25) is 5.91 Å². The zero-order chi connectivity index (χ0) is 28.7. The summed E-state index contributed by atoms with van der Waals surface area (Å²) in [5, 5.41) is 10.3. The summed E-state index contributed by atoms with van der Waals surface area (Å²) in [6.45, 7) is 2.42. The van der Waals surface area contributed by atoms with E-state index in [0.29, 0.717) is 29.5 Å². The molecule has 2 fully saturated rings. The zero-order valence-electron chi connectivity index (χ0n) is 21.9. The molecule has 40 heavy (non-hydrogen) atoms. The molecule has 1 saturated heterocycles. The van der Waals surface area contributed by atoms with Crippen molar-refractivity contribution in [2.45, 2.75) is 38.3 Å². The third-order valence-corrected chi connectivity index (χ3v) is 10.9. The summed E-state index contributed by atoms with van der Waals surface area (Å²) in [5.74, 6) is -2.48. The van der Waals surface area contributed by atoms with Gasteiger partial charge in [0.1, 0.15) is 17.0 Å². The van der Waals surface area contributed by atoms with Gasteiger partial charge < -0.3 is 10.6 Å². The van der Waals surface area contributed by atoms with Gasteiger partial charge in [-0.3, -0.25) is 9.78 Å². The summed E-state index contributed by atoms with van der Waals surface area (Å²) >= 11 is 1.32. The molecule has 1 amide bonds. The zero-order valence-corrected chi connectivity index (χ0v) is 23.5. The summed E-state index contributed by atoms with van der Waals surface area (Å²) < 4.78 is 52.1. The number of amides is 1. The topological polar surface area (TPSA) is 130 Å². The lowest BCUT2D eigenvalue weighted by Crippen LogP contribution is -2.50. The van der Waals surface area contributed by atoms with E-state index >= 15 is 0 Å². The molecule has 1 aliphatic carbocycles. The van der Waals surface area contributed by atoms with Crippen LogP contribution >= 0.6 is 11.3 Å². The smallest absolute Gasteiger partial charge is 0.225 e. The maximum atomic E-state index is 14.8. The Bertz CT molecular complexity index is 1540. The van der Waals surface area contributed by atoms with Crippen LogP contribution in [0.25, 0.3) is 21.1 Å². The molecule has 3 unspecified atom stereocenters. The van der Waals surface area contributed by atoms with Crippen molar-refractivity contribution in [1.82, 2.24) is 9.97 Å². The summed E-state index contributed by atoms with van der Waals surface area (Å²) in [4.78, 5) is 24.8. The molecule has 2 aliphatic rings. The van der Waals surface area contributed by atoms with E-state index < -0.39 is 45.0 Å². The van der Waals surface area contributed by atoms with Crippen LogP contribution in [-0.2, 0) is 14.6 Å². The molecule has 1 aromatic carbocycles. The number of primary amides is 1. The van der Waals surface area contributed by atoms with Crippen molar-refractivity contribution in [3.63, 3.8) is 0 Å². The van der Waals surface area contributed by atoms with Gasteiger partial charge in [-0.1, -0.05) is 12.1 Å². The number of rotatable bonds is 6. The molecule has 2 N–H and O–H groups in total. The quantitative estimate of drug-likeness (QED) is 0.451. The molecule has 8 nitrogen and oxygen atoms in total. The van der Waals surface area contributed by atoms with E-state index in [1.807, 2.05) is 29.2 Å². The standard InChI is InChI=1S/C28H29F2N5O3S2/c1-17(15-31)28(27(32)36)14-19(29)4-8-22(28)24-25(39-26(34-24)23-9-5-20(30)16-33-23)18-2-6-21(7-3-18)35-10-12-40(37,38)13-11-35/h2-3,5-7,9,16-17,19,22H,4,8,10-14H2,1H3,(H2,32,36)/t17-,19?,22?,28?/m1/s1. The normalized spacial score (nSPS) is 25.2. The average Bonchev–Trinajstić information content (AvgIpc) is 3.38. The number of nitrogens with zero attached hydrogens (tertiary/aromatic N) is 4. The number of hydrogen-bond acceptors (Lipinski definition) is 8. The summed E-state index contributed by atoms with van der Waals surface area (Å²) in [6.07, 6.45) is 0.148. The predicted molar refractivity (Wildman–Crippen MR) is 149 cm³/mol. The van der Waals surface area contributed by atoms with E-state index in [1.165, 1.54) is 23.5 Å². The minimum atomic E-state index is -3.02. The molecule has 3 aromatic rings. The van der Waals surface area contributed by atoms with Gasteiger partial charge in [0.25, 0.3) is 0 Å². The molecule has 210 valence electrons. The molecular formula is C28H29F2N5O3S2. The van der Waals surface area contributed by atoms with Crippen LogP contribution in [0.3, 0.4) is 0 Å². The lowest BCUT2D eigenvalue weighted by Gasteiger charge is -2.44. The van der Waals surface area contributed by atoms with Gasteiger partial charge in [-0.25, -0.2) is 22.2 Å². The van der Waals surface area contributed by atoms with Gasteiger partial charge in [-0.2, -0.15) is 5.26 Å². The van der Waals surface area contributed by atoms with Crippen LogP contribution in [-0.4, -0.2) is 55.1 Å². The Morgan fingerprint density at radius 3 is 2.50 bits per heavy atom. The van der Waals surface area contributed by atoms with E-state index in [-0.39, 0.29) is 30.8 Å². The molecule has 4 atom stereocenters. The van der Waals surface area contributed by atoms with Crippen molar-refractivity contribution < 1.29 is 22.0 Å². The van der Waals surface area contributed by atoms with Gasteiger partial charge in [-0.15, -0.1) is 11.3 Å². The van der Waals surface area contributed by atoms with Crippen LogP contribution in [0.5, 0.6) is 0 Å². The molecule has 2 aromatic heterocycles. The number of nitrogens with two attached hydrogens (primary N) is 1. The van der Waals surface area contributed by atoms with E-state index in [4.69, 9.17) is 10.7 Å². The number of sulfone groups is 1. The van der Waals surface area contributed by atoms with E-state index in [9.17, 15) is 27.3 Å². The molecule has 1 saturated carbocycles. The molecule has 5 rings (SSSR count). The van der Waals surface area contributed by atoms with E-state index in [2.05, 4.69) is 11.1 Å². The van der Waals surface area contributed by atoms with Crippen LogP contribution in [0.2, 0.25) is 0 Å². The van der Waals surface area contributed by atoms with Crippen LogP contribution in [0.15, 0.2) is 42.6 Å². The fraction of sp³-hybridized carbons (Fsp3) is 0.429. The fourth-order valence-corrected chi connectivity index (χ4v) is 8.17. The molecule has 3 heterocycles. The molecule has 0 bridgehead atoms. The van der Waals surface area contributed by atoms with E-state index in [1.54, 1.807) is 6.92 Å². The lowest BCUT2D eigenvalue weighted by atomic mass is 9.58. The first-order valence-electron chi connectivity index (χ1n) is 13.1. The highest BCUT2D eigenvalue weighted by atomic mass is 32.2. The average molecular weight is 586 g/mol. The molecule has 12 heteroatoms. The van der Waals surface area contributed by atoms with Crippen molar-refractivity contribution in [2.24, 2.45) is 17.1 Å². The SMILES string of the molecule is C[C@H](C#N)C1(C(N)=O)CC(F)CCC1c1nc(-c2ccc(F)cn2)sc1-c1ccc(N2CCS(=O)(=O)CC2)cc1. The summed E-state index contributed by atoms with van der Waals surface area (Å²) in [7, 11) is -3.02. The maximum absolute atomic E-state index is 14.8. The van der Waals surface area contributed by atoms with Gasteiger partial charge in [0.15, 0.2) is 9.84 Å². The first-order valence-corrected chi connectivity index (χ1v) is 15.7. The van der Waals surface area contributed by atoms with Crippen molar-refractivity contribution in [1.29, 1.82) is 5.26 Å². The third kappa shape index (κ3) is 5.20. The largest absolute Gasteiger partial charge is 0.369 e. The number of carbonyl (C=O) groups excluding carboxylic acids is 1. The Balaban J connectivity index is 1.60. The lowest BCUT2D eigenvalue weighted by molar-refractivity contribution is -0.135. The molecule has 0 radical (unpaired) electrons. The Labute approximate surface area is 235 Å². The number of thiazole rings is 1. The number of pyridine rings is 1. The predicted octanol–water partition coefficient (Wildman–Crippen LogP) is 4.48. The third-order valence-electron chi connectivity index (χ3n) is 8.14. The van der Waals surface area contributed by atoms with Gasteiger partial charge in [-0.05, 0) is 56.0 Å². The van der Waals surface area contributed by atoms with Gasteiger partial charge in [0, 0.05) is 24.7 Å². The highest BCUT2D eigenvalue weighted by Gasteiger charge is 2.54. The second kappa shape index (κ2) is 10.9. The highest BCUT2D eigenvalue weighted by Crippen LogP contribution is 2.55. The van der Waals surface area contributed by atoms with Crippen LogP contribution in [0.4, 0.5) is 14.5 Å². The second-order valence-corrected chi connectivity index (χ2v) is 13.8. The number of aromatic nitrogens is 2. The fourth-order valence-electron chi connectivity index (χ4n) is 5.86. The van der Waals surface area contributed by atoms with Crippen molar-refractivity contribution >= 4 is 32.8 Å². The number of benzene rings is 1. The molecular weight excluding hydrogens is 556 g/mol. The highest BCUT2D eigenvalue weighted by molar-refractivity contribution is 7.91. The first kappa shape index (κ1) is 28.1. The number of anilines is 1. The second-order valence-electron chi connectivity index (χ2n) is 10.5. The number of carbonyl (C=O) groups is 1. The number of halogens is 2. The van der Waals surface area contributed by atoms with Crippen molar-refractivity contribution in [3.05, 3.63) is 54.1 Å². The Morgan fingerprint density at radius 1 is 1.20 bits per heavy atom. The molecule has 0 spiro atoms. The van der Waals surface area contributed by atoms with Crippen molar-refractivity contribution in [2.75, 3.05) is 29.5 Å². The summed E-state index contributed by atoms with van der Waals surface area (Å²) in [5.41, 5.74) is 7.13. The van der Waals surface area contributed by atoms with E-state index in [0.717, 1.165) is 22.3 Å². The monoisotopic (exact) mass is 585 g/mol. The maximum Gasteiger partial charge on any atom is 0.225 e. The van der Waals surface area contributed by atoms with Crippen LogP contribution < -0.4 is 10.6 Å². The number of alkyl halides is 1. The Morgan fingerprint density at radius 2 is 1.90 bits per heavy atom.